The quantitative estimate of drug-likeness (QED) is 0.755. The van der Waals surface area contributed by atoms with Gasteiger partial charge in [-0.2, -0.15) is 0 Å². The second-order valence-corrected chi connectivity index (χ2v) is 5.36. The van der Waals surface area contributed by atoms with Crippen molar-refractivity contribution >= 4 is 0 Å². The number of hydrogen-bond donors (Lipinski definition) is 1. The molecule has 0 aromatic rings. The molecule has 0 aromatic carbocycles. The third-order valence-corrected chi connectivity index (χ3v) is 4.13. The van der Waals surface area contributed by atoms with Crippen LogP contribution < -0.4 is 0 Å². The number of rotatable bonds is 6. The summed E-state index contributed by atoms with van der Waals surface area (Å²) in [5.74, 6) is 1.42. The SMILES string of the molecule is CCCC(CO)(OCC)C1CCC(C)CC1. The van der Waals surface area contributed by atoms with E-state index in [1.54, 1.807) is 0 Å². The molecule has 0 radical (unpaired) electrons. The fourth-order valence-corrected chi connectivity index (χ4v) is 3.14. The Morgan fingerprint density at radius 1 is 1.19 bits per heavy atom. The van der Waals surface area contributed by atoms with Gasteiger partial charge in [0, 0.05) is 6.61 Å². The summed E-state index contributed by atoms with van der Waals surface area (Å²) in [6.45, 7) is 7.44. The maximum Gasteiger partial charge on any atom is 0.0939 e. The molecule has 1 saturated carbocycles. The zero-order chi connectivity index (χ0) is 12.0. The molecule has 0 heterocycles. The number of hydrogen-bond acceptors (Lipinski definition) is 2. The molecule has 2 heteroatoms. The minimum Gasteiger partial charge on any atom is -0.393 e. The van der Waals surface area contributed by atoms with Crippen LogP contribution in [0.4, 0.5) is 0 Å². The summed E-state index contributed by atoms with van der Waals surface area (Å²) in [6, 6.07) is 0. The van der Waals surface area contributed by atoms with Gasteiger partial charge in [0.25, 0.3) is 0 Å². The smallest absolute Gasteiger partial charge is 0.0939 e. The van der Waals surface area contributed by atoms with Crippen molar-refractivity contribution in [2.24, 2.45) is 11.8 Å². The van der Waals surface area contributed by atoms with Crippen LogP contribution in [-0.4, -0.2) is 23.9 Å². The average molecular weight is 228 g/mol. The third kappa shape index (κ3) is 3.21. The molecule has 0 saturated heterocycles. The standard InChI is InChI=1S/C14H28O2/c1-4-10-14(11-15,16-5-2)13-8-6-12(3)7-9-13/h12-13,15H,4-11H2,1-3H3. The molecule has 1 N–H and O–H groups in total. The number of aliphatic hydroxyl groups is 1. The Balaban J connectivity index is 2.66. The molecule has 1 atom stereocenters. The lowest BCUT2D eigenvalue weighted by Crippen LogP contribution is -2.46. The van der Waals surface area contributed by atoms with Crippen molar-refractivity contribution in [3.63, 3.8) is 0 Å². The first-order valence-corrected chi connectivity index (χ1v) is 6.93. The van der Waals surface area contributed by atoms with Gasteiger partial charge in [0.2, 0.25) is 0 Å². The van der Waals surface area contributed by atoms with E-state index in [1.165, 1.54) is 25.7 Å². The maximum absolute atomic E-state index is 9.73. The van der Waals surface area contributed by atoms with Crippen LogP contribution in [0.25, 0.3) is 0 Å². The number of aliphatic hydroxyl groups excluding tert-OH is 1. The number of ether oxygens (including phenoxy) is 1. The maximum atomic E-state index is 9.73. The van der Waals surface area contributed by atoms with E-state index in [4.69, 9.17) is 4.74 Å². The van der Waals surface area contributed by atoms with Crippen molar-refractivity contribution in [2.45, 2.75) is 64.9 Å². The van der Waals surface area contributed by atoms with Crippen LogP contribution in [0, 0.1) is 11.8 Å². The second kappa shape index (κ2) is 6.61. The molecule has 0 bridgehead atoms. The van der Waals surface area contributed by atoms with E-state index < -0.39 is 0 Å². The highest BCUT2D eigenvalue weighted by molar-refractivity contribution is 4.90. The van der Waals surface area contributed by atoms with Crippen LogP contribution in [0.1, 0.15) is 59.3 Å². The van der Waals surface area contributed by atoms with Crippen molar-refractivity contribution < 1.29 is 9.84 Å². The van der Waals surface area contributed by atoms with Gasteiger partial charge < -0.3 is 9.84 Å². The van der Waals surface area contributed by atoms with Crippen molar-refractivity contribution in [2.75, 3.05) is 13.2 Å². The van der Waals surface area contributed by atoms with Crippen LogP contribution in [0.2, 0.25) is 0 Å². The molecular weight excluding hydrogens is 200 g/mol. The molecule has 1 aliphatic rings. The normalized spacial score (nSPS) is 30.0. The van der Waals surface area contributed by atoms with Crippen LogP contribution >= 0.6 is 0 Å². The van der Waals surface area contributed by atoms with Crippen molar-refractivity contribution in [3.05, 3.63) is 0 Å². The topological polar surface area (TPSA) is 29.5 Å². The van der Waals surface area contributed by atoms with Gasteiger partial charge >= 0.3 is 0 Å². The van der Waals surface area contributed by atoms with Gasteiger partial charge in [-0.1, -0.05) is 33.1 Å². The van der Waals surface area contributed by atoms with E-state index in [2.05, 4.69) is 13.8 Å². The Morgan fingerprint density at radius 2 is 1.81 bits per heavy atom. The Labute approximate surface area is 100 Å². The lowest BCUT2D eigenvalue weighted by atomic mass is 9.72. The molecule has 1 aliphatic carbocycles. The van der Waals surface area contributed by atoms with Crippen molar-refractivity contribution in [1.29, 1.82) is 0 Å². The van der Waals surface area contributed by atoms with Crippen LogP contribution in [0.5, 0.6) is 0 Å². The fraction of sp³-hybridized carbons (Fsp3) is 1.00. The second-order valence-electron chi connectivity index (χ2n) is 5.36. The molecule has 96 valence electrons. The first-order chi connectivity index (χ1) is 7.68. The van der Waals surface area contributed by atoms with Crippen LogP contribution in [-0.2, 0) is 4.74 Å². The largest absolute Gasteiger partial charge is 0.393 e. The Kier molecular flexibility index (Phi) is 5.77. The van der Waals surface area contributed by atoms with Crippen molar-refractivity contribution in [1.82, 2.24) is 0 Å². The molecule has 0 aliphatic heterocycles. The van der Waals surface area contributed by atoms with Gasteiger partial charge in [-0.3, -0.25) is 0 Å². The zero-order valence-electron chi connectivity index (χ0n) is 11.2. The fourth-order valence-electron chi connectivity index (χ4n) is 3.14. The minimum absolute atomic E-state index is 0.188. The van der Waals surface area contributed by atoms with Gasteiger partial charge in [-0.25, -0.2) is 0 Å². The van der Waals surface area contributed by atoms with Crippen LogP contribution in [0.3, 0.4) is 0 Å². The highest BCUT2D eigenvalue weighted by atomic mass is 16.5. The summed E-state index contributed by atoms with van der Waals surface area (Å²) in [4.78, 5) is 0. The monoisotopic (exact) mass is 228 g/mol. The molecule has 0 amide bonds. The zero-order valence-corrected chi connectivity index (χ0v) is 11.2. The molecule has 0 aromatic heterocycles. The summed E-state index contributed by atoms with van der Waals surface area (Å²) in [5, 5.41) is 9.73. The Bertz CT molecular complexity index is 177. The Hall–Kier alpha value is -0.0800. The summed E-state index contributed by atoms with van der Waals surface area (Å²) >= 11 is 0. The molecule has 1 rings (SSSR count). The minimum atomic E-state index is -0.246. The lowest BCUT2D eigenvalue weighted by molar-refractivity contribution is -0.128. The average Bonchev–Trinajstić information content (AvgIpc) is 2.29. The summed E-state index contributed by atoms with van der Waals surface area (Å²) < 4.78 is 5.94. The van der Waals surface area contributed by atoms with E-state index in [1.807, 2.05) is 6.92 Å². The first-order valence-electron chi connectivity index (χ1n) is 6.93. The van der Waals surface area contributed by atoms with Gasteiger partial charge in [-0.15, -0.1) is 0 Å². The van der Waals surface area contributed by atoms with E-state index in [0.29, 0.717) is 12.5 Å². The molecule has 16 heavy (non-hydrogen) atoms. The van der Waals surface area contributed by atoms with Crippen molar-refractivity contribution in [3.8, 4) is 0 Å². The van der Waals surface area contributed by atoms with Gasteiger partial charge in [0.1, 0.15) is 0 Å². The molecule has 1 fully saturated rings. The highest BCUT2D eigenvalue weighted by Gasteiger charge is 2.39. The van der Waals surface area contributed by atoms with E-state index in [9.17, 15) is 5.11 Å². The van der Waals surface area contributed by atoms with Crippen LogP contribution in [0.15, 0.2) is 0 Å². The molecule has 2 nitrogen and oxygen atoms in total. The van der Waals surface area contributed by atoms with Gasteiger partial charge in [0.05, 0.1) is 12.2 Å². The molecular formula is C14H28O2. The predicted octanol–water partition coefficient (Wildman–Crippen LogP) is 3.38. The summed E-state index contributed by atoms with van der Waals surface area (Å²) in [5.41, 5.74) is -0.246. The lowest BCUT2D eigenvalue weighted by Gasteiger charge is -2.42. The molecule has 1 unspecified atom stereocenters. The summed E-state index contributed by atoms with van der Waals surface area (Å²) in [7, 11) is 0. The van der Waals surface area contributed by atoms with Gasteiger partial charge in [0.15, 0.2) is 0 Å². The van der Waals surface area contributed by atoms with E-state index >= 15 is 0 Å². The van der Waals surface area contributed by atoms with E-state index in [0.717, 1.165) is 18.8 Å². The van der Waals surface area contributed by atoms with Gasteiger partial charge in [-0.05, 0) is 38.0 Å². The van der Waals surface area contributed by atoms with E-state index in [-0.39, 0.29) is 12.2 Å². The summed E-state index contributed by atoms with van der Waals surface area (Å²) in [6.07, 6.45) is 7.12. The highest BCUT2D eigenvalue weighted by Crippen LogP contribution is 2.39. The Morgan fingerprint density at radius 3 is 2.25 bits per heavy atom. The molecule has 0 spiro atoms. The predicted molar refractivity (Wildman–Crippen MR) is 67.5 cm³/mol. The first kappa shape index (κ1) is 14.0. The third-order valence-electron chi connectivity index (χ3n) is 4.13.